The van der Waals surface area contributed by atoms with Crippen LogP contribution in [0.2, 0.25) is 0 Å². The summed E-state index contributed by atoms with van der Waals surface area (Å²) in [5.41, 5.74) is 5.14. The van der Waals surface area contributed by atoms with Gasteiger partial charge in [-0.05, 0) is 60.9 Å². The normalized spacial score (nSPS) is 15.3. The van der Waals surface area contributed by atoms with Crippen molar-refractivity contribution in [3.05, 3.63) is 92.7 Å². The Balaban J connectivity index is 1.62. The molecule has 4 nitrogen and oxygen atoms in total. The van der Waals surface area contributed by atoms with E-state index >= 15 is 0 Å². The molecular formula is C27H30N2O2S. The Morgan fingerprint density at radius 1 is 1.06 bits per heavy atom. The number of carbonyl (C=O) groups excluding carboxylic acids is 2. The van der Waals surface area contributed by atoms with E-state index in [9.17, 15) is 9.59 Å². The van der Waals surface area contributed by atoms with Gasteiger partial charge < -0.3 is 9.80 Å². The molecule has 1 atom stereocenters. The number of hydrogen-bond donors (Lipinski definition) is 0. The van der Waals surface area contributed by atoms with Crippen molar-refractivity contribution in [2.75, 3.05) is 19.6 Å². The van der Waals surface area contributed by atoms with Gasteiger partial charge in [-0.3, -0.25) is 9.59 Å². The predicted octanol–water partition coefficient (Wildman–Crippen LogP) is 5.39. The lowest BCUT2D eigenvalue weighted by Crippen LogP contribution is -2.47. The smallest absolute Gasteiger partial charge is 0.254 e. The third-order valence-corrected chi connectivity index (χ3v) is 7.16. The molecule has 4 rings (SSSR count). The molecule has 1 aromatic heterocycles. The number of hydrogen-bond acceptors (Lipinski definition) is 3. The second-order valence-electron chi connectivity index (χ2n) is 8.49. The van der Waals surface area contributed by atoms with Crippen molar-refractivity contribution in [2.45, 2.75) is 39.7 Å². The van der Waals surface area contributed by atoms with Crippen LogP contribution in [-0.4, -0.2) is 41.2 Å². The molecule has 0 fully saturated rings. The molecule has 3 aromatic rings. The van der Waals surface area contributed by atoms with E-state index < -0.39 is 0 Å². The number of aryl methyl sites for hydroxylation is 2. The van der Waals surface area contributed by atoms with Gasteiger partial charge >= 0.3 is 0 Å². The lowest BCUT2D eigenvalue weighted by Gasteiger charge is -2.37. The summed E-state index contributed by atoms with van der Waals surface area (Å²) in [7, 11) is 0. The Labute approximate surface area is 194 Å². The van der Waals surface area contributed by atoms with Gasteiger partial charge in [0.05, 0.1) is 6.04 Å². The van der Waals surface area contributed by atoms with E-state index in [1.54, 1.807) is 16.2 Å². The summed E-state index contributed by atoms with van der Waals surface area (Å²) < 4.78 is 0. The minimum absolute atomic E-state index is 0.00260. The molecule has 0 spiro atoms. The van der Waals surface area contributed by atoms with Crippen molar-refractivity contribution in [2.24, 2.45) is 0 Å². The Kier molecular flexibility index (Phi) is 6.75. The van der Waals surface area contributed by atoms with Crippen molar-refractivity contribution in [3.63, 3.8) is 0 Å². The summed E-state index contributed by atoms with van der Waals surface area (Å²) >= 11 is 1.76. The van der Waals surface area contributed by atoms with Crippen LogP contribution in [0.4, 0.5) is 0 Å². The Bertz CT molecular complexity index is 1100. The van der Waals surface area contributed by atoms with Gasteiger partial charge in [0.25, 0.3) is 5.91 Å². The number of thiophene rings is 1. The average Bonchev–Trinajstić information content (AvgIpc) is 3.27. The van der Waals surface area contributed by atoms with E-state index in [0.717, 1.165) is 24.0 Å². The molecule has 0 N–H and O–H groups in total. The molecule has 0 saturated carbocycles. The van der Waals surface area contributed by atoms with Crippen LogP contribution in [0, 0.1) is 13.8 Å². The highest BCUT2D eigenvalue weighted by atomic mass is 32.1. The topological polar surface area (TPSA) is 40.6 Å². The standard InChI is InChI=1S/C27H30N2O2S/c1-4-15-28(27(31)22-8-6-5-7-20(22)3)18-25(30)29-16-13-24-23(14-17-32-24)26(29)21-11-9-19(2)10-12-21/h5-12,14,17,26H,4,13,15-16,18H2,1-3H3. The van der Waals surface area contributed by atoms with Crippen LogP contribution in [0.3, 0.4) is 0 Å². The molecule has 5 heteroatoms. The first kappa shape index (κ1) is 22.3. The lowest BCUT2D eigenvalue weighted by molar-refractivity contribution is -0.134. The first-order valence-corrected chi connectivity index (χ1v) is 12.1. The van der Waals surface area contributed by atoms with E-state index in [-0.39, 0.29) is 24.4 Å². The van der Waals surface area contributed by atoms with E-state index in [0.29, 0.717) is 18.7 Å². The number of benzene rings is 2. The number of nitrogens with zero attached hydrogens (tertiary/aromatic N) is 2. The third-order valence-electron chi connectivity index (χ3n) is 6.16. The van der Waals surface area contributed by atoms with Gasteiger partial charge in [0.1, 0.15) is 6.54 Å². The van der Waals surface area contributed by atoms with Gasteiger partial charge in [-0.25, -0.2) is 0 Å². The van der Waals surface area contributed by atoms with Crippen LogP contribution in [0.5, 0.6) is 0 Å². The molecule has 166 valence electrons. The lowest BCUT2D eigenvalue weighted by atomic mass is 9.92. The third kappa shape index (κ3) is 4.49. The van der Waals surface area contributed by atoms with Gasteiger partial charge in [0.15, 0.2) is 0 Å². The van der Waals surface area contributed by atoms with Crippen molar-refractivity contribution < 1.29 is 9.59 Å². The second-order valence-corrected chi connectivity index (χ2v) is 9.49. The van der Waals surface area contributed by atoms with Crippen LogP contribution in [-0.2, 0) is 11.2 Å². The Morgan fingerprint density at radius 3 is 2.53 bits per heavy atom. The summed E-state index contributed by atoms with van der Waals surface area (Å²) in [6, 6.07) is 18.1. The minimum Gasteiger partial charge on any atom is -0.330 e. The van der Waals surface area contributed by atoms with E-state index in [1.807, 2.05) is 43.0 Å². The van der Waals surface area contributed by atoms with E-state index in [4.69, 9.17) is 0 Å². The average molecular weight is 447 g/mol. The van der Waals surface area contributed by atoms with Crippen LogP contribution >= 0.6 is 11.3 Å². The van der Waals surface area contributed by atoms with Gasteiger partial charge in [-0.1, -0.05) is 55.0 Å². The quantitative estimate of drug-likeness (QED) is 0.509. The summed E-state index contributed by atoms with van der Waals surface area (Å²) in [6.45, 7) is 7.38. The SMILES string of the molecule is CCCN(CC(=O)N1CCc2sccc2C1c1ccc(C)cc1)C(=O)c1ccccc1C. The zero-order chi connectivity index (χ0) is 22.7. The fraction of sp³-hybridized carbons (Fsp3) is 0.333. The summed E-state index contributed by atoms with van der Waals surface area (Å²) in [5, 5.41) is 2.12. The van der Waals surface area contributed by atoms with E-state index in [1.165, 1.54) is 16.0 Å². The molecule has 2 amide bonds. The number of fused-ring (bicyclic) bond motifs is 1. The Morgan fingerprint density at radius 2 is 1.81 bits per heavy atom. The number of amides is 2. The molecule has 0 saturated heterocycles. The molecule has 1 aliphatic heterocycles. The number of rotatable bonds is 6. The highest BCUT2D eigenvalue weighted by Gasteiger charge is 2.34. The van der Waals surface area contributed by atoms with Gasteiger partial charge in [-0.2, -0.15) is 0 Å². The van der Waals surface area contributed by atoms with Gasteiger partial charge in [0.2, 0.25) is 5.91 Å². The Hall–Kier alpha value is -2.92. The molecule has 0 aliphatic carbocycles. The predicted molar refractivity (Wildman–Crippen MR) is 130 cm³/mol. The molecule has 32 heavy (non-hydrogen) atoms. The molecular weight excluding hydrogens is 416 g/mol. The maximum atomic E-state index is 13.6. The summed E-state index contributed by atoms with van der Waals surface area (Å²) in [5.74, 6) is -0.0683. The molecule has 1 unspecified atom stereocenters. The fourth-order valence-corrected chi connectivity index (χ4v) is 5.36. The fourth-order valence-electron chi connectivity index (χ4n) is 4.45. The highest BCUT2D eigenvalue weighted by molar-refractivity contribution is 7.10. The van der Waals surface area contributed by atoms with E-state index in [2.05, 4.69) is 42.6 Å². The van der Waals surface area contributed by atoms with Gasteiger partial charge in [0, 0.05) is 23.5 Å². The largest absolute Gasteiger partial charge is 0.330 e. The summed E-state index contributed by atoms with van der Waals surface area (Å²) in [4.78, 5) is 31.9. The van der Waals surface area contributed by atoms with Crippen LogP contribution < -0.4 is 0 Å². The highest BCUT2D eigenvalue weighted by Crippen LogP contribution is 2.38. The minimum atomic E-state index is -0.102. The van der Waals surface area contributed by atoms with Crippen LogP contribution in [0.25, 0.3) is 0 Å². The summed E-state index contributed by atoms with van der Waals surface area (Å²) in [6.07, 6.45) is 1.67. The van der Waals surface area contributed by atoms with Gasteiger partial charge in [-0.15, -0.1) is 11.3 Å². The maximum absolute atomic E-state index is 13.6. The van der Waals surface area contributed by atoms with Crippen LogP contribution in [0.1, 0.15) is 56.9 Å². The van der Waals surface area contributed by atoms with Crippen LogP contribution in [0.15, 0.2) is 60.0 Å². The monoisotopic (exact) mass is 446 g/mol. The van der Waals surface area contributed by atoms with Crippen molar-refractivity contribution in [3.8, 4) is 0 Å². The molecule has 0 bridgehead atoms. The number of carbonyl (C=O) groups is 2. The first-order chi connectivity index (χ1) is 15.5. The van der Waals surface area contributed by atoms with Crippen molar-refractivity contribution in [1.82, 2.24) is 9.80 Å². The maximum Gasteiger partial charge on any atom is 0.254 e. The van der Waals surface area contributed by atoms with Crippen molar-refractivity contribution >= 4 is 23.2 Å². The molecule has 1 aliphatic rings. The zero-order valence-electron chi connectivity index (χ0n) is 19.0. The first-order valence-electron chi connectivity index (χ1n) is 11.3. The molecule has 2 heterocycles. The second kappa shape index (κ2) is 9.70. The molecule has 2 aromatic carbocycles. The zero-order valence-corrected chi connectivity index (χ0v) is 19.8. The van der Waals surface area contributed by atoms with Crippen molar-refractivity contribution in [1.29, 1.82) is 0 Å². The molecule has 0 radical (unpaired) electrons.